The minimum absolute atomic E-state index is 0.187. The van der Waals surface area contributed by atoms with Crippen molar-refractivity contribution in [3.63, 3.8) is 0 Å². The van der Waals surface area contributed by atoms with Gasteiger partial charge < -0.3 is 14.6 Å². The van der Waals surface area contributed by atoms with E-state index in [0.717, 1.165) is 16.9 Å². The largest absolute Gasteiger partial charge is 0.497 e. The lowest BCUT2D eigenvalue weighted by Gasteiger charge is -2.03. The zero-order valence-corrected chi connectivity index (χ0v) is 14.6. The third kappa shape index (κ3) is 9.15. The zero-order valence-electron chi connectivity index (χ0n) is 14.6. The number of esters is 1. The Hall–Kier alpha value is -2.82. The smallest absolute Gasteiger partial charge is 0.305 e. The van der Waals surface area contributed by atoms with Crippen molar-refractivity contribution in [2.24, 2.45) is 0 Å². The van der Waals surface area contributed by atoms with Crippen LogP contribution in [0.4, 0.5) is 0 Å². The molecule has 0 aliphatic heterocycles. The number of benzene rings is 2. The minimum Gasteiger partial charge on any atom is -0.497 e. The molecule has 0 atom stereocenters. The molecule has 5 heteroatoms. The van der Waals surface area contributed by atoms with Crippen molar-refractivity contribution in [3.8, 4) is 5.75 Å². The molecule has 5 nitrogen and oxygen atoms in total. The Labute approximate surface area is 148 Å². The molecule has 0 aliphatic carbocycles. The number of carboxylic acids is 1. The minimum atomic E-state index is -0.742. The van der Waals surface area contributed by atoms with Crippen LogP contribution in [-0.4, -0.2) is 31.3 Å². The van der Waals surface area contributed by atoms with E-state index in [9.17, 15) is 9.59 Å². The number of hydrogen-bond acceptors (Lipinski definition) is 4. The van der Waals surface area contributed by atoms with Crippen LogP contribution in [0.1, 0.15) is 24.0 Å². The van der Waals surface area contributed by atoms with Crippen LogP contribution >= 0.6 is 0 Å². The summed E-state index contributed by atoms with van der Waals surface area (Å²) in [5, 5.41) is 8.37. The molecule has 0 amide bonds. The number of carboxylic acid groups (broad SMARTS) is 1. The monoisotopic (exact) mass is 344 g/mol. The van der Waals surface area contributed by atoms with Crippen LogP contribution in [0.25, 0.3) is 0 Å². The highest BCUT2D eigenvalue weighted by atomic mass is 16.5. The summed E-state index contributed by atoms with van der Waals surface area (Å²) < 4.78 is 9.63. The topological polar surface area (TPSA) is 72.8 Å². The van der Waals surface area contributed by atoms with E-state index in [2.05, 4.69) is 4.74 Å². The maximum absolute atomic E-state index is 10.9. The highest BCUT2D eigenvalue weighted by molar-refractivity contribution is 5.69. The van der Waals surface area contributed by atoms with Crippen molar-refractivity contribution in [2.45, 2.75) is 25.7 Å². The fourth-order valence-electron chi connectivity index (χ4n) is 2.07. The van der Waals surface area contributed by atoms with E-state index in [1.54, 1.807) is 7.11 Å². The molecule has 0 saturated carbocycles. The summed E-state index contributed by atoms with van der Waals surface area (Å²) in [7, 11) is 3.02. The van der Waals surface area contributed by atoms with E-state index in [-0.39, 0.29) is 12.4 Å². The second-order valence-corrected chi connectivity index (χ2v) is 5.31. The van der Waals surface area contributed by atoms with Crippen molar-refractivity contribution in [1.82, 2.24) is 0 Å². The summed E-state index contributed by atoms with van der Waals surface area (Å²) in [5.41, 5.74) is 2.16. The predicted molar refractivity (Wildman–Crippen MR) is 95.7 cm³/mol. The van der Waals surface area contributed by atoms with Gasteiger partial charge in [0, 0.05) is 12.8 Å². The Morgan fingerprint density at radius 3 is 2.12 bits per heavy atom. The first-order valence-electron chi connectivity index (χ1n) is 8.00. The molecule has 0 unspecified atom stereocenters. The molecule has 0 radical (unpaired) electrons. The van der Waals surface area contributed by atoms with Crippen LogP contribution < -0.4 is 4.74 Å². The Morgan fingerprint density at radius 1 is 0.880 bits per heavy atom. The van der Waals surface area contributed by atoms with Gasteiger partial charge in [0.05, 0.1) is 14.2 Å². The van der Waals surface area contributed by atoms with Crippen LogP contribution in [0.15, 0.2) is 54.6 Å². The molecule has 0 spiro atoms. The zero-order chi connectivity index (χ0) is 18.5. The summed E-state index contributed by atoms with van der Waals surface area (Å²) in [6.45, 7) is 0. The third-order valence-electron chi connectivity index (χ3n) is 3.45. The second-order valence-electron chi connectivity index (χ2n) is 5.31. The van der Waals surface area contributed by atoms with Crippen molar-refractivity contribution in [2.75, 3.05) is 14.2 Å². The van der Waals surface area contributed by atoms with Gasteiger partial charge in [0.15, 0.2) is 0 Å². The van der Waals surface area contributed by atoms with Crippen LogP contribution in [0.2, 0.25) is 0 Å². The number of rotatable bonds is 7. The third-order valence-corrected chi connectivity index (χ3v) is 3.45. The lowest BCUT2D eigenvalue weighted by atomic mass is 10.1. The van der Waals surface area contributed by atoms with Crippen LogP contribution in [0.5, 0.6) is 5.75 Å². The van der Waals surface area contributed by atoms with Crippen molar-refractivity contribution in [3.05, 3.63) is 65.7 Å². The first kappa shape index (κ1) is 20.2. The Morgan fingerprint density at radius 2 is 1.52 bits per heavy atom. The number of hydrogen-bond donors (Lipinski definition) is 1. The van der Waals surface area contributed by atoms with Crippen LogP contribution in [-0.2, 0) is 27.2 Å². The van der Waals surface area contributed by atoms with Gasteiger partial charge >= 0.3 is 11.9 Å². The standard InChI is InChI=1S/C11H14O3.C9H10O2/c1-13-10-5-3-4-9(8-10)6-7-11(12)14-2;10-9(11)7-6-8-4-2-1-3-5-8/h3-5,8H,6-7H2,1-2H3;1-5H,6-7H2,(H,10,11). The lowest BCUT2D eigenvalue weighted by molar-refractivity contribution is -0.140. The van der Waals surface area contributed by atoms with Crippen LogP contribution in [0, 0.1) is 0 Å². The SMILES string of the molecule is COC(=O)CCc1cccc(OC)c1.O=C(O)CCc1ccccc1. The fraction of sp³-hybridized carbons (Fsp3) is 0.300. The first-order chi connectivity index (χ1) is 12.0. The normalized spacial score (nSPS) is 9.52. The van der Waals surface area contributed by atoms with E-state index < -0.39 is 5.97 Å². The molecular formula is C20H24O5. The number of carbonyl (C=O) groups excluding carboxylic acids is 1. The number of carbonyl (C=O) groups is 2. The molecule has 25 heavy (non-hydrogen) atoms. The quantitative estimate of drug-likeness (QED) is 0.778. The highest BCUT2D eigenvalue weighted by Crippen LogP contribution is 2.13. The first-order valence-corrected chi connectivity index (χ1v) is 8.00. The molecule has 0 bridgehead atoms. The number of methoxy groups -OCH3 is 2. The Kier molecular flexibility index (Phi) is 9.45. The van der Waals surface area contributed by atoms with E-state index in [1.165, 1.54) is 7.11 Å². The predicted octanol–water partition coefficient (Wildman–Crippen LogP) is 3.50. The van der Waals surface area contributed by atoms with Gasteiger partial charge in [-0.3, -0.25) is 9.59 Å². The summed E-state index contributed by atoms with van der Waals surface area (Å²) >= 11 is 0. The molecular weight excluding hydrogens is 320 g/mol. The van der Waals surface area contributed by atoms with E-state index >= 15 is 0 Å². The summed E-state index contributed by atoms with van der Waals surface area (Å²) in [6, 6.07) is 17.3. The van der Waals surface area contributed by atoms with Gasteiger partial charge in [0.25, 0.3) is 0 Å². The summed E-state index contributed by atoms with van der Waals surface area (Å²) in [5.74, 6) is -0.117. The van der Waals surface area contributed by atoms with E-state index in [0.29, 0.717) is 19.3 Å². The van der Waals surface area contributed by atoms with E-state index in [4.69, 9.17) is 9.84 Å². The molecule has 134 valence electrons. The highest BCUT2D eigenvalue weighted by Gasteiger charge is 2.01. The number of ether oxygens (including phenoxy) is 2. The molecule has 0 saturated heterocycles. The Balaban J connectivity index is 0.000000257. The number of aryl methyl sites for hydroxylation is 2. The molecule has 0 heterocycles. The molecule has 0 aliphatic rings. The van der Waals surface area contributed by atoms with Gasteiger partial charge in [0.1, 0.15) is 5.75 Å². The molecule has 0 aromatic heterocycles. The maximum atomic E-state index is 10.9. The van der Waals surface area contributed by atoms with Crippen molar-refractivity contribution in [1.29, 1.82) is 0 Å². The number of aliphatic carboxylic acids is 1. The molecule has 2 rings (SSSR count). The maximum Gasteiger partial charge on any atom is 0.305 e. The van der Waals surface area contributed by atoms with E-state index in [1.807, 2.05) is 54.6 Å². The Bertz CT molecular complexity index is 652. The summed E-state index contributed by atoms with van der Waals surface area (Å²) in [6.07, 6.45) is 1.92. The van der Waals surface area contributed by atoms with Crippen molar-refractivity contribution >= 4 is 11.9 Å². The second kappa shape index (κ2) is 11.7. The summed E-state index contributed by atoms with van der Waals surface area (Å²) in [4.78, 5) is 21.1. The average molecular weight is 344 g/mol. The molecule has 0 fully saturated rings. The average Bonchev–Trinajstić information content (AvgIpc) is 2.66. The van der Waals surface area contributed by atoms with Gasteiger partial charge in [-0.15, -0.1) is 0 Å². The lowest BCUT2D eigenvalue weighted by Crippen LogP contribution is -2.01. The van der Waals surface area contributed by atoms with Gasteiger partial charge in [0.2, 0.25) is 0 Å². The fourth-order valence-corrected chi connectivity index (χ4v) is 2.07. The van der Waals surface area contributed by atoms with Crippen LogP contribution in [0.3, 0.4) is 0 Å². The van der Waals surface area contributed by atoms with Crippen molar-refractivity contribution < 1.29 is 24.2 Å². The van der Waals surface area contributed by atoms with Gasteiger partial charge in [-0.05, 0) is 36.1 Å². The molecule has 2 aromatic rings. The van der Waals surface area contributed by atoms with Gasteiger partial charge in [-0.25, -0.2) is 0 Å². The van der Waals surface area contributed by atoms with Gasteiger partial charge in [-0.2, -0.15) is 0 Å². The molecule has 1 N–H and O–H groups in total. The molecule has 2 aromatic carbocycles. The van der Waals surface area contributed by atoms with Gasteiger partial charge in [-0.1, -0.05) is 42.5 Å².